The van der Waals surface area contributed by atoms with Gasteiger partial charge >= 0.3 is 5.97 Å². The van der Waals surface area contributed by atoms with E-state index in [2.05, 4.69) is 10.6 Å². The molecule has 8 heteroatoms. The molecule has 2 aromatic carbocycles. The summed E-state index contributed by atoms with van der Waals surface area (Å²) in [6.07, 6.45) is 1.59. The molecular weight excluding hydrogens is 359 g/mol. The van der Waals surface area contributed by atoms with Gasteiger partial charge in [-0.2, -0.15) is 0 Å². The third-order valence-electron chi connectivity index (χ3n) is 3.50. The van der Waals surface area contributed by atoms with Crippen LogP contribution in [0.4, 0.5) is 4.39 Å². The van der Waals surface area contributed by atoms with Gasteiger partial charge in [-0.1, -0.05) is 6.07 Å². The summed E-state index contributed by atoms with van der Waals surface area (Å²) in [4.78, 5) is 23.8. The second-order valence-electron chi connectivity index (χ2n) is 5.27. The largest absolute Gasteiger partial charge is 0.493 e. The highest BCUT2D eigenvalue weighted by Crippen LogP contribution is 2.29. The first-order valence-corrected chi connectivity index (χ1v) is 7.87. The van der Waals surface area contributed by atoms with Crippen molar-refractivity contribution in [1.82, 2.24) is 10.6 Å². The van der Waals surface area contributed by atoms with Gasteiger partial charge in [0.15, 0.2) is 16.6 Å². The first kappa shape index (κ1) is 17.6. The number of carbonyl (C=O) groups is 2. The predicted octanol–water partition coefficient (Wildman–Crippen LogP) is 2.40. The molecule has 0 unspecified atom stereocenters. The SMILES string of the molecule is COc1cc(/C=C2\NC(=S)NC2=O)ccc1OC(=O)c1ccc(F)cc1. The number of hydrogen-bond donors (Lipinski definition) is 2. The fraction of sp³-hybridized carbons (Fsp3) is 0.0556. The minimum atomic E-state index is -0.642. The Morgan fingerprint density at radius 1 is 1.12 bits per heavy atom. The zero-order chi connectivity index (χ0) is 18.7. The lowest BCUT2D eigenvalue weighted by Crippen LogP contribution is -2.21. The van der Waals surface area contributed by atoms with E-state index in [0.717, 1.165) is 0 Å². The van der Waals surface area contributed by atoms with Gasteiger partial charge < -0.3 is 14.8 Å². The van der Waals surface area contributed by atoms with E-state index in [0.29, 0.717) is 17.0 Å². The van der Waals surface area contributed by atoms with Gasteiger partial charge in [0.2, 0.25) is 0 Å². The first-order chi connectivity index (χ1) is 12.5. The van der Waals surface area contributed by atoms with Crippen LogP contribution in [0.1, 0.15) is 15.9 Å². The molecule has 0 bridgehead atoms. The van der Waals surface area contributed by atoms with E-state index in [1.807, 2.05) is 0 Å². The van der Waals surface area contributed by atoms with E-state index in [-0.39, 0.29) is 22.3 Å². The van der Waals surface area contributed by atoms with Crippen molar-refractivity contribution in [1.29, 1.82) is 0 Å². The number of carbonyl (C=O) groups excluding carboxylic acids is 2. The van der Waals surface area contributed by atoms with Crippen LogP contribution in [-0.4, -0.2) is 24.1 Å². The fourth-order valence-corrected chi connectivity index (χ4v) is 2.45. The van der Waals surface area contributed by atoms with E-state index in [9.17, 15) is 14.0 Å². The average Bonchev–Trinajstić information content (AvgIpc) is 2.93. The van der Waals surface area contributed by atoms with Crippen molar-refractivity contribution in [2.24, 2.45) is 0 Å². The van der Waals surface area contributed by atoms with Gasteiger partial charge in [-0.25, -0.2) is 9.18 Å². The molecule has 1 aliphatic heterocycles. The van der Waals surface area contributed by atoms with Crippen molar-refractivity contribution in [2.45, 2.75) is 0 Å². The summed E-state index contributed by atoms with van der Waals surface area (Å²) in [6.45, 7) is 0. The van der Waals surface area contributed by atoms with Crippen LogP contribution in [-0.2, 0) is 4.79 Å². The van der Waals surface area contributed by atoms with Crippen molar-refractivity contribution < 1.29 is 23.5 Å². The van der Waals surface area contributed by atoms with Crippen molar-refractivity contribution in [2.75, 3.05) is 7.11 Å². The maximum atomic E-state index is 12.9. The molecule has 2 N–H and O–H groups in total. The molecule has 1 fully saturated rings. The third kappa shape index (κ3) is 3.86. The zero-order valence-electron chi connectivity index (χ0n) is 13.5. The van der Waals surface area contributed by atoms with Gasteiger partial charge in [-0.05, 0) is 60.3 Å². The normalized spacial score (nSPS) is 14.8. The standard InChI is InChI=1S/C18H13FN2O4S/c1-24-15-9-10(8-13-16(22)21-18(26)20-13)2-7-14(15)25-17(23)11-3-5-12(19)6-4-11/h2-9H,1H3,(H2,20,21,22,26)/b13-8-. The molecular formula is C18H13FN2O4S. The Kier molecular flexibility index (Phi) is 4.94. The summed E-state index contributed by atoms with van der Waals surface area (Å²) in [7, 11) is 1.43. The van der Waals surface area contributed by atoms with Gasteiger partial charge in [0, 0.05) is 0 Å². The minimum absolute atomic E-state index is 0.198. The second kappa shape index (κ2) is 7.32. The summed E-state index contributed by atoms with van der Waals surface area (Å²) in [5, 5.41) is 5.43. The van der Waals surface area contributed by atoms with Gasteiger partial charge in [0.25, 0.3) is 5.91 Å². The molecule has 0 aliphatic carbocycles. The zero-order valence-corrected chi connectivity index (χ0v) is 14.4. The number of thiocarbonyl (C=S) groups is 1. The van der Waals surface area contributed by atoms with E-state index >= 15 is 0 Å². The predicted molar refractivity (Wildman–Crippen MR) is 96.2 cm³/mol. The molecule has 1 heterocycles. The average molecular weight is 372 g/mol. The molecule has 0 radical (unpaired) electrons. The Morgan fingerprint density at radius 2 is 1.85 bits per heavy atom. The molecule has 0 spiro atoms. The highest BCUT2D eigenvalue weighted by atomic mass is 32.1. The molecule has 132 valence electrons. The Morgan fingerprint density at radius 3 is 2.46 bits per heavy atom. The molecule has 0 aromatic heterocycles. The van der Waals surface area contributed by atoms with Crippen LogP contribution in [0.2, 0.25) is 0 Å². The number of nitrogens with one attached hydrogen (secondary N) is 2. The number of hydrogen-bond acceptors (Lipinski definition) is 5. The fourth-order valence-electron chi connectivity index (χ4n) is 2.25. The van der Waals surface area contributed by atoms with Crippen molar-refractivity contribution in [3.63, 3.8) is 0 Å². The number of amides is 1. The minimum Gasteiger partial charge on any atom is -0.493 e. The topological polar surface area (TPSA) is 76.7 Å². The summed E-state index contributed by atoms with van der Waals surface area (Å²) in [6, 6.07) is 9.81. The monoisotopic (exact) mass is 372 g/mol. The molecule has 3 rings (SSSR count). The number of benzene rings is 2. The van der Waals surface area contributed by atoms with Crippen LogP contribution in [0.25, 0.3) is 6.08 Å². The quantitative estimate of drug-likeness (QED) is 0.372. The lowest BCUT2D eigenvalue weighted by molar-refractivity contribution is -0.115. The lowest BCUT2D eigenvalue weighted by atomic mass is 10.1. The van der Waals surface area contributed by atoms with Crippen LogP contribution in [0.15, 0.2) is 48.2 Å². The van der Waals surface area contributed by atoms with Crippen LogP contribution in [0, 0.1) is 5.82 Å². The number of methoxy groups -OCH3 is 1. The summed E-state index contributed by atoms with van der Waals surface area (Å²) in [5.74, 6) is -0.919. The molecule has 26 heavy (non-hydrogen) atoms. The molecule has 1 aliphatic rings. The highest BCUT2D eigenvalue weighted by Gasteiger charge is 2.20. The van der Waals surface area contributed by atoms with Gasteiger partial charge in [-0.15, -0.1) is 0 Å². The van der Waals surface area contributed by atoms with Crippen LogP contribution < -0.4 is 20.1 Å². The summed E-state index contributed by atoms with van der Waals surface area (Å²) >= 11 is 4.87. The summed E-state index contributed by atoms with van der Waals surface area (Å²) in [5.41, 5.74) is 1.15. The van der Waals surface area contributed by atoms with Crippen LogP contribution in [0.3, 0.4) is 0 Å². The number of esters is 1. The van der Waals surface area contributed by atoms with Gasteiger partial charge in [0.1, 0.15) is 11.5 Å². The highest BCUT2D eigenvalue weighted by molar-refractivity contribution is 7.80. The summed E-state index contributed by atoms with van der Waals surface area (Å²) < 4.78 is 23.5. The van der Waals surface area contributed by atoms with E-state index in [1.165, 1.54) is 37.4 Å². The number of ether oxygens (including phenoxy) is 2. The Labute approximate surface area is 153 Å². The second-order valence-corrected chi connectivity index (χ2v) is 5.68. The van der Waals surface area contributed by atoms with E-state index in [4.69, 9.17) is 21.7 Å². The molecule has 6 nitrogen and oxygen atoms in total. The molecule has 0 atom stereocenters. The lowest BCUT2D eigenvalue weighted by Gasteiger charge is -2.10. The maximum Gasteiger partial charge on any atom is 0.343 e. The van der Waals surface area contributed by atoms with Crippen LogP contribution >= 0.6 is 12.2 Å². The van der Waals surface area contributed by atoms with Gasteiger partial charge in [-0.3, -0.25) is 10.1 Å². The molecule has 0 saturated carbocycles. The first-order valence-electron chi connectivity index (χ1n) is 7.46. The number of rotatable bonds is 4. The van der Waals surface area contributed by atoms with Crippen molar-refractivity contribution in [3.8, 4) is 11.5 Å². The van der Waals surface area contributed by atoms with Crippen molar-refractivity contribution >= 4 is 35.3 Å². The number of halogens is 1. The Bertz CT molecular complexity index is 925. The van der Waals surface area contributed by atoms with E-state index in [1.54, 1.807) is 18.2 Å². The van der Waals surface area contributed by atoms with E-state index < -0.39 is 11.8 Å². The van der Waals surface area contributed by atoms with Crippen molar-refractivity contribution in [3.05, 3.63) is 65.1 Å². The molecule has 1 amide bonds. The molecule has 1 saturated heterocycles. The van der Waals surface area contributed by atoms with Gasteiger partial charge in [0.05, 0.1) is 12.7 Å². The Balaban J connectivity index is 1.82. The smallest absolute Gasteiger partial charge is 0.343 e. The Hall–Kier alpha value is -3.26. The maximum absolute atomic E-state index is 12.9. The van der Waals surface area contributed by atoms with Crippen LogP contribution in [0.5, 0.6) is 11.5 Å². The molecule has 2 aromatic rings. The third-order valence-corrected chi connectivity index (χ3v) is 3.71.